The molecule has 31 heavy (non-hydrogen) atoms. The average Bonchev–Trinajstić information content (AvgIpc) is 3.03. The largest absolute Gasteiger partial charge is 0.481 e. The summed E-state index contributed by atoms with van der Waals surface area (Å²) in [5.74, 6) is -0.248. The minimum absolute atomic E-state index is 0.0173. The molecule has 1 N–H and O–H groups in total. The van der Waals surface area contributed by atoms with Gasteiger partial charge in [-0.25, -0.2) is 0 Å². The van der Waals surface area contributed by atoms with Crippen molar-refractivity contribution in [2.24, 2.45) is 34.5 Å². The zero-order valence-electron chi connectivity index (χ0n) is 18.8. The molecule has 6 heteroatoms. The maximum absolute atomic E-state index is 12.6. The molecule has 0 radical (unpaired) electrons. The second-order valence-electron chi connectivity index (χ2n) is 10.8. The number of ketones is 2. The first-order valence-corrected chi connectivity index (χ1v) is 11.7. The summed E-state index contributed by atoms with van der Waals surface area (Å²) in [5.41, 5.74) is 0.790. The van der Waals surface area contributed by atoms with E-state index >= 15 is 0 Å². The molecule has 0 aliphatic heterocycles. The Morgan fingerprint density at radius 3 is 2.55 bits per heavy atom. The van der Waals surface area contributed by atoms with Gasteiger partial charge in [0, 0.05) is 18.3 Å². The highest BCUT2D eigenvalue weighted by Crippen LogP contribution is 2.67. The predicted molar refractivity (Wildman–Crippen MR) is 113 cm³/mol. The van der Waals surface area contributed by atoms with Gasteiger partial charge in [0.15, 0.2) is 5.78 Å². The first-order chi connectivity index (χ1) is 14.6. The van der Waals surface area contributed by atoms with Gasteiger partial charge in [0.2, 0.25) is 0 Å². The number of ether oxygens (including phenoxy) is 1. The number of Topliss-reactive ketones (excluding diaryl/α,β-unsaturated/α-hetero) is 1. The minimum atomic E-state index is -1.02. The summed E-state index contributed by atoms with van der Waals surface area (Å²) in [4.78, 5) is 48.1. The van der Waals surface area contributed by atoms with Gasteiger partial charge < -0.3 is 9.84 Å². The fourth-order valence-electron chi connectivity index (χ4n) is 7.87. The number of carbonyl (C=O) groups excluding carboxylic acids is 3. The molecule has 6 nitrogen and oxygen atoms in total. The maximum atomic E-state index is 12.6. The highest BCUT2D eigenvalue weighted by Gasteiger charge is 2.63. The van der Waals surface area contributed by atoms with Crippen molar-refractivity contribution in [3.63, 3.8) is 0 Å². The van der Waals surface area contributed by atoms with E-state index in [1.807, 2.05) is 6.08 Å². The van der Waals surface area contributed by atoms with Gasteiger partial charge in [0.05, 0.1) is 12.8 Å². The Morgan fingerprint density at radius 1 is 1.13 bits per heavy atom. The van der Waals surface area contributed by atoms with Crippen LogP contribution in [-0.2, 0) is 23.9 Å². The van der Waals surface area contributed by atoms with Crippen molar-refractivity contribution in [3.05, 3.63) is 11.6 Å². The van der Waals surface area contributed by atoms with E-state index in [2.05, 4.69) is 13.8 Å². The van der Waals surface area contributed by atoms with E-state index in [4.69, 9.17) is 9.84 Å². The highest BCUT2D eigenvalue weighted by molar-refractivity contribution is 5.91. The number of carboxylic acids is 1. The number of aliphatic carboxylic acids is 1. The normalized spacial score (nSPS) is 41.5. The molecular formula is C25H34O6. The summed E-state index contributed by atoms with van der Waals surface area (Å²) in [6.45, 7) is 6.09. The molecule has 0 heterocycles. The van der Waals surface area contributed by atoms with Crippen molar-refractivity contribution >= 4 is 23.5 Å². The summed E-state index contributed by atoms with van der Waals surface area (Å²) in [5, 5.41) is 8.95. The van der Waals surface area contributed by atoms with Gasteiger partial charge in [-0.05, 0) is 74.2 Å². The molecule has 4 aliphatic rings. The van der Waals surface area contributed by atoms with Gasteiger partial charge >= 0.3 is 11.9 Å². The monoisotopic (exact) mass is 430 g/mol. The van der Waals surface area contributed by atoms with E-state index in [1.54, 1.807) is 6.92 Å². The Balaban J connectivity index is 1.70. The van der Waals surface area contributed by atoms with Crippen LogP contribution < -0.4 is 0 Å². The number of esters is 1. The molecule has 0 unspecified atom stereocenters. The molecule has 0 saturated heterocycles. The molecular weight excluding hydrogens is 396 g/mol. The van der Waals surface area contributed by atoms with Crippen LogP contribution in [-0.4, -0.2) is 34.7 Å². The van der Waals surface area contributed by atoms with Crippen molar-refractivity contribution in [1.82, 2.24) is 0 Å². The second kappa shape index (κ2) is 7.86. The average molecular weight is 431 g/mol. The van der Waals surface area contributed by atoms with Gasteiger partial charge in [-0.1, -0.05) is 19.4 Å². The second-order valence-corrected chi connectivity index (χ2v) is 10.8. The van der Waals surface area contributed by atoms with E-state index in [1.165, 1.54) is 5.57 Å². The molecule has 3 fully saturated rings. The number of allylic oxidation sites excluding steroid dienone is 1. The van der Waals surface area contributed by atoms with Gasteiger partial charge in [-0.15, -0.1) is 0 Å². The van der Waals surface area contributed by atoms with Crippen LogP contribution in [0.25, 0.3) is 0 Å². The van der Waals surface area contributed by atoms with Crippen LogP contribution in [0, 0.1) is 34.5 Å². The smallest absolute Gasteiger partial charge is 0.306 e. The van der Waals surface area contributed by atoms with Crippen molar-refractivity contribution in [3.8, 4) is 0 Å². The third-order valence-corrected chi connectivity index (χ3v) is 9.19. The number of carbonyl (C=O) groups is 4. The lowest BCUT2D eigenvalue weighted by Gasteiger charge is -2.60. The Labute approximate surface area is 183 Å². The zero-order chi connectivity index (χ0) is 22.6. The lowest BCUT2D eigenvalue weighted by molar-refractivity contribution is -0.178. The van der Waals surface area contributed by atoms with Crippen molar-refractivity contribution in [2.75, 3.05) is 0 Å². The molecule has 3 saturated carbocycles. The van der Waals surface area contributed by atoms with Gasteiger partial charge in [-0.2, -0.15) is 0 Å². The van der Waals surface area contributed by atoms with Gasteiger partial charge in [-0.3, -0.25) is 19.2 Å². The van der Waals surface area contributed by atoms with Crippen molar-refractivity contribution in [1.29, 1.82) is 0 Å². The van der Waals surface area contributed by atoms with E-state index in [-0.39, 0.29) is 53.2 Å². The van der Waals surface area contributed by atoms with Gasteiger partial charge in [0.1, 0.15) is 11.9 Å². The van der Waals surface area contributed by atoms with E-state index < -0.39 is 11.9 Å². The lowest BCUT2D eigenvalue weighted by Crippen LogP contribution is -2.58. The standard InChI is InChI=1S/C25H34O6/c1-14(26)18-6-7-19-17-5-4-15-12-16(27)10-11-24(15,2)23(17)20(13-25(18,19)3)31-22(30)9-8-21(28)29/h12,17-20,23H,4-11,13H2,1-3H3,(H,28,29)/t17-,18-,19+,20+,23+,24-,25-/m0/s1. The summed E-state index contributed by atoms with van der Waals surface area (Å²) in [6, 6.07) is 0. The van der Waals surface area contributed by atoms with E-state index in [9.17, 15) is 19.2 Å². The minimum Gasteiger partial charge on any atom is -0.481 e. The van der Waals surface area contributed by atoms with Crippen LogP contribution >= 0.6 is 0 Å². The van der Waals surface area contributed by atoms with Crippen LogP contribution in [0.3, 0.4) is 0 Å². The fourth-order valence-corrected chi connectivity index (χ4v) is 7.87. The molecule has 7 atom stereocenters. The molecule has 0 aromatic carbocycles. The summed E-state index contributed by atoms with van der Waals surface area (Å²) < 4.78 is 6.03. The van der Waals surface area contributed by atoms with Crippen molar-refractivity contribution in [2.45, 2.75) is 84.7 Å². The third kappa shape index (κ3) is 3.66. The maximum Gasteiger partial charge on any atom is 0.306 e. The first-order valence-electron chi connectivity index (χ1n) is 11.7. The first kappa shape index (κ1) is 22.2. The lowest BCUT2D eigenvalue weighted by atomic mass is 9.46. The van der Waals surface area contributed by atoms with E-state index in [0.29, 0.717) is 24.7 Å². The molecule has 4 rings (SSSR count). The molecule has 0 bridgehead atoms. The molecule has 0 aromatic heterocycles. The number of hydrogen-bond donors (Lipinski definition) is 1. The topological polar surface area (TPSA) is 97.7 Å². The SMILES string of the molecule is CC(=O)[C@@H]1CC[C@@H]2[C@@H]3CCC4=CC(=O)CC[C@]4(C)[C@H]3[C@H](OC(=O)CCC(=O)O)C[C@]21C. The van der Waals surface area contributed by atoms with E-state index in [0.717, 1.165) is 32.1 Å². The number of carboxylic acid groups (broad SMARTS) is 1. The number of rotatable bonds is 5. The Hall–Kier alpha value is -1.98. The summed E-state index contributed by atoms with van der Waals surface area (Å²) in [7, 11) is 0. The van der Waals surface area contributed by atoms with Crippen LogP contribution in [0.2, 0.25) is 0 Å². The third-order valence-electron chi connectivity index (χ3n) is 9.19. The number of hydrogen-bond acceptors (Lipinski definition) is 5. The van der Waals surface area contributed by atoms with Crippen LogP contribution in [0.15, 0.2) is 11.6 Å². The van der Waals surface area contributed by atoms with Crippen molar-refractivity contribution < 1.29 is 29.0 Å². The zero-order valence-corrected chi connectivity index (χ0v) is 18.8. The van der Waals surface area contributed by atoms with Crippen LogP contribution in [0.5, 0.6) is 0 Å². The van der Waals surface area contributed by atoms with Crippen LogP contribution in [0.1, 0.15) is 78.6 Å². The Morgan fingerprint density at radius 2 is 1.87 bits per heavy atom. The Bertz CT molecular complexity index is 843. The summed E-state index contributed by atoms with van der Waals surface area (Å²) >= 11 is 0. The number of fused-ring (bicyclic) bond motifs is 5. The molecule has 0 amide bonds. The molecule has 4 aliphatic carbocycles. The predicted octanol–water partition coefficient (Wildman–Crippen LogP) is 4.11. The molecule has 170 valence electrons. The molecule has 0 spiro atoms. The summed E-state index contributed by atoms with van der Waals surface area (Å²) in [6.07, 6.45) is 6.75. The van der Waals surface area contributed by atoms with Gasteiger partial charge in [0.25, 0.3) is 0 Å². The molecule has 0 aromatic rings. The quantitative estimate of drug-likeness (QED) is 0.659. The Kier molecular flexibility index (Phi) is 5.63. The highest BCUT2D eigenvalue weighted by atomic mass is 16.5. The van der Waals surface area contributed by atoms with Crippen LogP contribution in [0.4, 0.5) is 0 Å². The fraction of sp³-hybridized carbons (Fsp3) is 0.760.